The van der Waals surface area contributed by atoms with Crippen LogP contribution < -0.4 is 10.2 Å². The summed E-state index contributed by atoms with van der Waals surface area (Å²) in [5.74, 6) is 0.870. The van der Waals surface area contributed by atoms with E-state index in [4.69, 9.17) is 5.11 Å². The minimum Gasteiger partial charge on any atom is -0.385 e. The van der Waals surface area contributed by atoms with Crippen molar-refractivity contribution in [1.29, 1.82) is 0 Å². The maximum Gasteiger partial charge on any atom is 0.265 e. The molecule has 0 bridgehead atoms. The molecule has 90 valence electrons. The van der Waals surface area contributed by atoms with E-state index in [1.807, 2.05) is 0 Å². The molecular formula is C9H14F2N4O. The van der Waals surface area contributed by atoms with Crippen LogP contribution in [0.2, 0.25) is 0 Å². The third-order valence-electron chi connectivity index (χ3n) is 1.83. The Balaban J connectivity index is 2.57. The molecule has 0 aromatic carbocycles. The molecule has 0 fully saturated rings. The SMILES string of the molecule is CN(C)c1nccc(NCC(O)C(F)F)n1. The van der Waals surface area contributed by atoms with Crippen molar-refractivity contribution in [2.24, 2.45) is 0 Å². The van der Waals surface area contributed by atoms with Gasteiger partial charge < -0.3 is 15.3 Å². The molecule has 0 saturated heterocycles. The molecule has 0 aliphatic heterocycles. The van der Waals surface area contributed by atoms with Gasteiger partial charge in [-0.1, -0.05) is 0 Å². The molecule has 0 aliphatic carbocycles. The van der Waals surface area contributed by atoms with Crippen molar-refractivity contribution < 1.29 is 13.9 Å². The average molecular weight is 232 g/mol. The van der Waals surface area contributed by atoms with E-state index in [0.29, 0.717) is 11.8 Å². The second-order valence-corrected chi connectivity index (χ2v) is 3.42. The lowest BCUT2D eigenvalue weighted by Gasteiger charge is -2.13. The fourth-order valence-corrected chi connectivity index (χ4v) is 0.961. The summed E-state index contributed by atoms with van der Waals surface area (Å²) in [6.07, 6.45) is -2.94. The molecule has 7 heteroatoms. The zero-order valence-electron chi connectivity index (χ0n) is 9.06. The quantitative estimate of drug-likeness (QED) is 0.777. The van der Waals surface area contributed by atoms with Gasteiger partial charge in [-0.2, -0.15) is 4.98 Å². The largest absolute Gasteiger partial charge is 0.385 e. The summed E-state index contributed by atoms with van der Waals surface area (Å²) in [5, 5.41) is 11.5. The van der Waals surface area contributed by atoms with Crippen molar-refractivity contribution in [3.8, 4) is 0 Å². The van der Waals surface area contributed by atoms with Crippen LogP contribution in [0.25, 0.3) is 0 Å². The standard InChI is InChI=1S/C9H14F2N4O/c1-15(2)9-12-4-3-7(14-9)13-5-6(16)8(10)11/h3-4,6,8,16H,5H2,1-2H3,(H,12,13,14). The van der Waals surface area contributed by atoms with E-state index in [-0.39, 0.29) is 6.54 Å². The number of nitrogens with one attached hydrogen (secondary N) is 1. The Bertz CT molecular complexity index is 335. The van der Waals surface area contributed by atoms with Crippen molar-refractivity contribution in [3.05, 3.63) is 12.3 Å². The maximum absolute atomic E-state index is 12.0. The van der Waals surface area contributed by atoms with E-state index in [1.165, 1.54) is 6.20 Å². The third-order valence-corrected chi connectivity index (χ3v) is 1.83. The highest BCUT2D eigenvalue weighted by molar-refractivity contribution is 5.40. The van der Waals surface area contributed by atoms with Crippen LogP contribution in [-0.4, -0.2) is 48.2 Å². The van der Waals surface area contributed by atoms with Crippen LogP contribution in [0.4, 0.5) is 20.5 Å². The van der Waals surface area contributed by atoms with Gasteiger partial charge in [-0.15, -0.1) is 0 Å². The van der Waals surface area contributed by atoms with Crippen LogP contribution in [0.1, 0.15) is 0 Å². The monoisotopic (exact) mass is 232 g/mol. The maximum atomic E-state index is 12.0. The number of rotatable bonds is 5. The minimum atomic E-state index is -2.76. The molecule has 0 saturated carbocycles. The molecule has 0 aliphatic rings. The second kappa shape index (κ2) is 5.55. The van der Waals surface area contributed by atoms with Gasteiger partial charge in [0.15, 0.2) is 0 Å². The normalized spacial score (nSPS) is 12.6. The predicted octanol–water partition coefficient (Wildman–Crippen LogP) is 0.580. The van der Waals surface area contributed by atoms with E-state index in [9.17, 15) is 8.78 Å². The number of alkyl halides is 2. The van der Waals surface area contributed by atoms with Crippen LogP contribution in [0.3, 0.4) is 0 Å². The highest BCUT2D eigenvalue weighted by atomic mass is 19.3. The molecule has 5 nitrogen and oxygen atoms in total. The van der Waals surface area contributed by atoms with Gasteiger partial charge in [0.05, 0.1) is 0 Å². The molecule has 1 aromatic rings. The van der Waals surface area contributed by atoms with Gasteiger partial charge in [0, 0.05) is 26.8 Å². The zero-order chi connectivity index (χ0) is 12.1. The lowest BCUT2D eigenvalue weighted by molar-refractivity contribution is 0.00381. The average Bonchev–Trinajstić information content (AvgIpc) is 2.26. The smallest absolute Gasteiger partial charge is 0.265 e. The fraction of sp³-hybridized carbons (Fsp3) is 0.556. The summed E-state index contributed by atoms with van der Waals surface area (Å²) < 4.78 is 24.0. The van der Waals surface area contributed by atoms with Crippen molar-refractivity contribution in [2.75, 3.05) is 30.9 Å². The summed E-state index contributed by atoms with van der Waals surface area (Å²) >= 11 is 0. The lowest BCUT2D eigenvalue weighted by Crippen LogP contribution is -2.27. The molecule has 1 aromatic heterocycles. The zero-order valence-corrected chi connectivity index (χ0v) is 9.06. The van der Waals surface area contributed by atoms with Gasteiger partial charge >= 0.3 is 0 Å². The molecule has 2 N–H and O–H groups in total. The summed E-state index contributed by atoms with van der Waals surface area (Å²) in [6, 6.07) is 1.55. The number of aliphatic hydroxyl groups is 1. The molecule has 0 amide bonds. The van der Waals surface area contributed by atoms with Gasteiger partial charge in [-0.05, 0) is 6.07 Å². The molecule has 0 spiro atoms. The van der Waals surface area contributed by atoms with Crippen molar-refractivity contribution >= 4 is 11.8 Å². The van der Waals surface area contributed by atoms with Crippen LogP contribution in [0, 0.1) is 0 Å². The Morgan fingerprint density at radius 3 is 2.75 bits per heavy atom. The van der Waals surface area contributed by atoms with Crippen LogP contribution in [0.5, 0.6) is 0 Å². The summed E-state index contributed by atoms with van der Waals surface area (Å²) in [5.41, 5.74) is 0. The number of aliphatic hydroxyl groups excluding tert-OH is 1. The molecule has 1 heterocycles. The van der Waals surface area contributed by atoms with Crippen LogP contribution in [0.15, 0.2) is 12.3 Å². The van der Waals surface area contributed by atoms with E-state index < -0.39 is 12.5 Å². The van der Waals surface area contributed by atoms with Gasteiger partial charge in [-0.3, -0.25) is 0 Å². The van der Waals surface area contributed by atoms with Crippen LogP contribution >= 0.6 is 0 Å². The highest BCUT2D eigenvalue weighted by Crippen LogP contribution is 2.08. The van der Waals surface area contributed by atoms with E-state index in [1.54, 1.807) is 25.1 Å². The Morgan fingerprint density at radius 1 is 1.50 bits per heavy atom. The number of hydrogen-bond donors (Lipinski definition) is 2. The molecule has 16 heavy (non-hydrogen) atoms. The minimum absolute atomic E-state index is 0.248. The highest BCUT2D eigenvalue weighted by Gasteiger charge is 2.16. The molecule has 1 unspecified atom stereocenters. The van der Waals surface area contributed by atoms with Gasteiger partial charge in [0.2, 0.25) is 5.95 Å². The molecular weight excluding hydrogens is 218 g/mol. The summed E-state index contributed by atoms with van der Waals surface area (Å²) in [6.45, 7) is -0.248. The lowest BCUT2D eigenvalue weighted by atomic mass is 10.3. The first kappa shape index (κ1) is 12.6. The van der Waals surface area contributed by atoms with Gasteiger partial charge in [-0.25, -0.2) is 13.8 Å². The van der Waals surface area contributed by atoms with Crippen LogP contribution in [-0.2, 0) is 0 Å². The third kappa shape index (κ3) is 3.58. The van der Waals surface area contributed by atoms with Crippen molar-refractivity contribution in [3.63, 3.8) is 0 Å². The Morgan fingerprint density at radius 2 is 2.19 bits per heavy atom. The second-order valence-electron chi connectivity index (χ2n) is 3.42. The van der Waals surface area contributed by atoms with Gasteiger partial charge in [0.1, 0.15) is 11.9 Å². The number of aromatic nitrogens is 2. The number of hydrogen-bond acceptors (Lipinski definition) is 5. The molecule has 1 rings (SSSR count). The van der Waals surface area contributed by atoms with E-state index >= 15 is 0 Å². The first-order valence-corrected chi connectivity index (χ1v) is 4.71. The number of nitrogens with zero attached hydrogens (tertiary/aromatic N) is 3. The predicted molar refractivity (Wildman–Crippen MR) is 56.9 cm³/mol. The molecule has 0 radical (unpaired) electrons. The Kier molecular flexibility index (Phi) is 4.36. The van der Waals surface area contributed by atoms with E-state index in [2.05, 4.69) is 15.3 Å². The Hall–Kier alpha value is -1.50. The molecule has 1 atom stereocenters. The first-order chi connectivity index (χ1) is 7.50. The summed E-state index contributed by atoms with van der Waals surface area (Å²) in [7, 11) is 3.54. The topological polar surface area (TPSA) is 61.3 Å². The number of anilines is 2. The first-order valence-electron chi connectivity index (χ1n) is 4.71. The number of halogens is 2. The van der Waals surface area contributed by atoms with Gasteiger partial charge in [0.25, 0.3) is 6.43 Å². The fourth-order valence-electron chi connectivity index (χ4n) is 0.961. The summed E-state index contributed by atoms with van der Waals surface area (Å²) in [4.78, 5) is 9.71. The van der Waals surface area contributed by atoms with Crippen molar-refractivity contribution in [2.45, 2.75) is 12.5 Å². The Labute approximate surface area is 92.1 Å². The van der Waals surface area contributed by atoms with Crippen molar-refractivity contribution in [1.82, 2.24) is 9.97 Å². The van der Waals surface area contributed by atoms with E-state index in [0.717, 1.165) is 0 Å².